The SMILES string of the molecule is Cc1cscc1CNc1cccc(Cl)c1[N+](=O)[O-]. The van der Waals surface area contributed by atoms with E-state index < -0.39 is 4.92 Å². The van der Waals surface area contributed by atoms with Gasteiger partial charge in [-0.2, -0.15) is 11.3 Å². The maximum absolute atomic E-state index is 11.0. The largest absolute Gasteiger partial charge is 0.375 e. The van der Waals surface area contributed by atoms with Crippen LogP contribution in [0, 0.1) is 17.0 Å². The second-order valence-corrected chi connectivity index (χ2v) is 4.98. The minimum Gasteiger partial charge on any atom is -0.375 e. The average Bonchev–Trinajstić information content (AvgIpc) is 2.71. The third-order valence-corrected chi connectivity index (χ3v) is 3.82. The lowest BCUT2D eigenvalue weighted by Gasteiger charge is -2.07. The van der Waals surface area contributed by atoms with Crippen LogP contribution in [-0.4, -0.2) is 4.92 Å². The molecule has 1 aromatic heterocycles. The van der Waals surface area contributed by atoms with Gasteiger partial charge >= 0.3 is 5.69 Å². The summed E-state index contributed by atoms with van der Waals surface area (Å²) in [6.07, 6.45) is 0. The molecule has 0 fully saturated rings. The molecule has 4 nitrogen and oxygen atoms in total. The van der Waals surface area contributed by atoms with Crippen molar-refractivity contribution >= 4 is 34.3 Å². The number of rotatable bonds is 4. The highest BCUT2D eigenvalue weighted by molar-refractivity contribution is 7.08. The molecule has 0 atom stereocenters. The average molecular weight is 283 g/mol. The molecule has 0 saturated heterocycles. The number of nitro benzene ring substituents is 1. The van der Waals surface area contributed by atoms with Crippen LogP contribution < -0.4 is 5.32 Å². The molecule has 0 bridgehead atoms. The Bertz CT molecular complexity index is 583. The van der Waals surface area contributed by atoms with Gasteiger partial charge in [-0.15, -0.1) is 0 Å². The number of thiophene rings is 1. The van der Waals surface area contributed by atoms with Crippen LogP contribution in [0.1, 0.15) is 11.1 Å². The Balaban J connectivity index is 2.22. The Morgan fingerprint density at radius 2 is 2.22 bits per heavy atom. The van der Waals surface area contributed by atoms with E-state index in [-0.39, 0.29) is 10.7 Å². The number of halogens is 1. The topological polar surface area (TPSA) is 55.2 Å². The zero-order valence-corrected chi connectivity index (χ0v) is 11.2. The molecule has 6 heteroatoms. The van der Waals surface area contributed by atoms with Gasteiger partial charge < -0.3 is 5.32 Å². The number of nitrogens with one attached hydrogen (secondary N) is 1. The van der Waals surface area contributed by atoms with Gasteiger partial charge in [-0.1, -0.05) is 17.7 Å². The first-order chi connectivity index (χ1) is 8.59. The van der Waals surface area contributed by atoms with Gasteiger partial charge in [0, 0.05) is 6.54 Å². The van der Waals surface area contributed by atoms with E-state index in [1.807, 2.05) is 17.7 Å². The van der Waals surface area contributed by atoms with E-state index in [1.54, 1.807) is 23.5 Å². The van der Waals surface area contributed by atoms with Crippen molar-refractivity contribution < 1.29 is 4.92 Å². The molecule has 0 saturated carbocycles. The summed E-state index contributed by atoms with van der Waals surface area (Å²) >= 11 is 7.45. The fraction of sp³-hybridized carbons (Fsp3) is 0.167. The number of benzene rings is 1. The Hall–Kier alpha value is -1.59. The van der Waals surface area contributed by atoms with Crippen molar-refractivity contribution in [1.82, 2.24) is 0 Å². The van der Waals surface area contributed by atoms with Crippen LogP contribution >= 0.6 is 22.9 Å². The molecule has 2 rings (SSSR count). The van der Waals surface area contributed by atoms with Crippen molar-refractivity contribution in [1.29, 1.82) is 0 Å². The van der Waals surface area contributed by atoms with Gasteiger partial charge in [-0.05, 0) is 40.9 Å². The maximum Gasteiger partial charge on any atom is 0.310 e. The fourth-order valence-corrected chi connectivity index (χ4v) is 2.70. The summed E-state index contributed by atoms with van der Waals surface area (Å²) in [6.45, 7) is 2.57. The van der Waals surface area contributed by atoms with Gasteiger partial charge in [-0.25, -0.2) is 0 Å². The van der Waals surface area contributed by atoms with Crippen LogP contribution in [0.15, 0.2) is 29.0 Å². The third-order valence-electron chi connectivity index (χ3n) is 2.60. The Labute approximate surface area is 113 Å². The van der Waals surface area contributed by atoms with Crippen LogP contribution in [0.25, 0.3) is 0 Å². The molecule has 94 valence electrons. The van der Waals surface area contributed by atoms with Gasteiger partial charge in [0.2, 0.25) is 0 Å². The standard InChI is InChI=1S/C12H11ClN2O2S/c1-8-6-18-7-9(8)5-14-11-4-2-3-10(13)12(11)15(16)17/h2-4,6-7,14H,5H2,1H3. The first kappa shape index (κ1) is 12.9. The van der Waals surface area contributed by atoms with Gasteiger partial charge in [0.05, 0.1) is 4.92 Å². The van der Waals surface area contributed by atoms with E-state index in [0.717, 1.165) is 5.56 Å². The zero-order valence-electron chi connectivity index (χ0n) is 9.64. The van der Waals surface area contributed by atoms with Crippen molar-refractivity contribution in [2.24, 2.45) is 0 Å². The number of aryl methyl sites for hydroxylation is 1. The molecule has 0 radical (unpaired) electrons. The Morgan fingerprint density at radius 1 is 1.44 bits per heavy atom. The van der Waals surface area contributed by atoms with Crippen molar-refractivity contribution in [3.8, 4) is 0 Å². The highest BCUT2D eigenvalue weighted by Gasteiger charge is 2.18. The molecular weight excluding hydrogens is 272 g/mol. The summed E-state index contributed by atoms with van der Waals surface area (Å²) in [5.41, 5.74) is 2.68. The zero-order chi connectivity index (χ0) is 13.1. The van der Waals surface area contributed by atoms with Gasteiger partial charge in [0.25, 0.3) is 0 Å². The molecular formula is C12H11ClN2O2S. The Kier molecular flexibility index (Phi) is 3.84. The van der Waals surface area contributed by atoms with Gasteiger partial charge in [0.15, 0.2) is 0 Å². The summed E-state index contributed by atoms with van der Waals surface area (Å²) in [6, 6.07) is 4.87. The summed E-state index contributed by atoms with van der Waals surface area (Å²) < 4.78 is 0. The maximum atomic E-state index is 11.0. The summed E-state index contributed by atoms with van der Waals surface area (Å²) in [5, 5.41) is 18.2. The first-order valence-corrected chi connectivity index (χ1v) is 6.60. The second-order valence-electron chi connectivity index (χ2n) is 3.83. The highest BCUT2D eigenvalue weighted by atomic mass is 35.5. The quantitative estimate of drug-likeness (QED) is 0.674. The Morgan fingerprint density at radius 3 is 2.83 bits per heavy atom. The number of anilines is 1. The normalized spacial score (nSPS) is 10.3. The number of nitro groups is 1. The summed E-state index contributed by atoms with van der Waals surface area (Å²) in [4.78, 5) is 10.5. The molecule has 0 aliphatic carbocycles. The fourth-order valence-electron chi connectivity index (χ4n) is 1.60. The smallest absolute Gasteiger partial charge is 0.310 e. The number of nitrogens with zero attached hydrogens (tertiary/aromatic N) is 1. The molecule has 18 heavy (non-hydrogen) atoms. The molecule has 1 aromatic carbocycles. The molecule has 0 amide bonds. The number of hydrogen-bond donors (Lipinski definition) is 1. The third kappa shape index (κ3) is 2.63. The van der Waals surface area contributed by atoms with Crippen LogP contribution in [0.4, 0.5) is 11.4 Å². The van der Waals surface area contributed by atoms with Crippen molar-refractivity contribution in [3.05, 3.63) is 55.2 Å². The molecule has 1 heterocycles. The van der Waals surface area contributed by atoms with Crippen LogP contribution in [0.2, 0.25) is 5.02 Å². The van der Waals surface area contributed by atoms with E-state index in [0.29, 0.717) is 12.2 Å². The predicted molar refractivity (Wildman–Crippen MR) is 74.5 cm³/mol. The predicted octanol–water partition coefficient (Wildman–Crippen LogP) is 4.23. The minimum absolute atomic E-state index is 0.0768. The summed E-state index contributed by atoms with van der Waals surface area (Å²) in [5.74, 6) is 0. The lowest BCUT2D eigenvalue weighted by Crippen LogP contribution is -2.03. The molecule has 0 aliphatic heterocycles. The molecule has 0 aliphatic rings. The van der Waals surface area contributed by atoms with Crippen LogP contribution in [0.5, 0.6) is 0 Å². The number of para-hydroxylation sites is 1. The first-order valence-electron chi connectivity index (χ1n) is 5.28. The molecule has 2 aromatic rings. The molecule has 0 spiro atoms. The van der Waals surface area contributed by atoms with Crippen LogP contribution in [-0.2, 0) is 6.54 Å². The molecule has 0 unspecified atom stereocenters. The van der Waals surface area contributed by atoms with Crippen molar-refractivity contribution in [2.75, 3.05) is 5.32 Å². The minimum atomic E-state index is -0.467. The lowest BCUT2D eigenvalue weighted by molar-refractivity contribution is -0.383. The van der Waals surface area contributed by atoms with E-state index in [2.05, 4.69) is 5.32 Å². The van der Waals surface area contributed by atoms with Gasteiger partial charge in [-0.3, -0.25) is 10.1 Å². The second kappa shape index (κ2) is 5.37. The van der Waals surface area contributed by atoms with Gasteiger partial charge in [0.1, 0.15) is 10.7 Å². The van der Waals surface area contributed by atoms with Crippen LogP contribution in [0.3, 0.4) is 0 Å². The highest BCUT2D eigenvalue weighted by Crippen LogP contribution is 2.32. The van der Waals surface area contributed by atoms with Crippen molar-refractivity contribution in [2.45, 2.75) is 13.5 Å². The van der Waals surface area contributed by atoms with Crippen molar-refractivity contribution in [3.63, 3.8) is 0 Å². The summed E-state index contributed by atoms with van der Waals surface area (Å²) in [7, 11) is 0. The van der Waals surface area contributed by atoms with E-state index in [1.165, 1.54) is 11.6 Å². The molecule has 1 N–H and O–H groups in total. The van der Waals surface area contributed by atoms with E-state index in [4.69, 9.17) is 11.6 Å². The lowest BCUT2D eigenvalue weighted by atomic mass is 10.2. The number of hydrogen-bond acceptors (Lipinski definition) is 4. The van der Waals surface area contributed by atoms with E-state index in [9.17, 15) is 10.1 Å². The monoisotopic (exact) mass is 282 g/mol. The van der Waals surface area contributed by atoms with E-state index >= 15 is 0 Å².